The normalized spacial score (nSPS) is 30.8. The number of ether oxygens (including phenoxy) is 5. The Kier molecular flexibility index (Phi) is 16.0. The number of carbonyl (C=O) groups excluding carboxylic acids is 5. The summed E-state index contributed by atoms with van der Waals surface area (Å²) in [5, 5.41) is 47.6. The molecule has 11 rings (SSSR count). The van der Waals surface area contributed by atoms with E-state index in [-0.39, 0.29) is 75.6 Å². The summed E-state index contributed by atoms with van der Waals surface area (Å²) in [5.41, 5.74) is -2.75. The lowest BCUT2D eigenvalue weighted by atomic mass is 9.78. The van der Waals surface area contributed by atoms with Crippen molar-refractivity contribution in [2.24, 2.45) is 29.6 Å². The number of methoxy groups -OCH3 is 2. The number of pyridine rings is 1. The van der Waals surface area contributed by atoms with Crippen molar-refractivity contribution in [1.82, 2.24) is 19.7 Å². The number of aromatic nitrogens is 1. The van der Waals surface area contributed by atoms with Crippen LogP contribution in [0.25, 0.3) is 10.9 Å². The first-order chi connectivity index (χ1) is 39.8. The van der Waals surface area contributed by atoms with Crippen LogP contribution in [0.3, 0.4) is 0 Å². The standard InChI is InChI=1S/C62H74FN5O16/c1-29-12-11-13-30(2)59(77)64-45-48(65-21-23-67(24-22-65)62(18-19-62)36-16-20-66(27-36)47-40(63)26-38-46(57(47)81-10)68(37-14-15-37)28-39(52(38)73)60(78)79)54(75)42-43(53(45)74)51(72)34(6)56-44(42)58(76)61(8,84-56)82-25-17-41(80-9)31(3)55(83-35(7)69)33(5)50(71)32(4)49(29)70/h11-13,17,25-26,28-29,31-33,36-37,41,49-50,55,70-72H,14-16,18-24,27H2,1-10H3,(H,64,77)(H,78,79)/b12-11+,25-17+,30-13-/t29-,31+,32+,33+,36?,41-,49-,50+,55+,61-/m0/s1. The third-order valence-corrected chi connectivity index (χ3v) is 18.8. The molecule has 10 atom stereocenters. The Hall–Kier alpha value is -7.40. The molecule has 6 heterocycles. The first-order valence-electron chi connectivity index (χ1n) is 28.8. The molecule has 1 aromatic heterocycles. The van der Waals surface area contributed by atoms with Gasteiger partial charge in [-0.1, -0.05) is 45.9 Å². The number of anilines is 1. The summed E-state index contributed by atoms with van der Waals surface area (Å²) in [6.45, 7) is 14.4. The molecule has 2 saturated carbocycles. The highest BCUT2D eigenvalue weighted by Crippen LogP contribution is 2.54. The predicted molar refractivity (Wildman–Crippen MR) is 304 cm³/mol. The zero-order valence-electron chi connectivity index (χ0n) is 48.9. The number of nitrogens with zero attached hydrogens (tertiary/aromatic N) is 4. The van der Waals surface area contributed by atoms with Crippen LogP contribution in [0.4, 0.5) is 10.1 Å². The van der Waals surface area contributed by atoms with Crippen molar-refractivity contribution in [2.45, 2.75) is 129 Å². The van der Waals surface area contributed by atoms with Gasteiger partial charge in [-0.05, 0) is 64.0 Å². The number of phenolic OH excluding ortho intramolecular Hbond substituents is 1. The number of nitrogens with one attached hydrogen (secondary N) is 1. The summed E-state index contributed by atoms with van der Waals surface area (Å²) in [4.78, 5) is 104. The molecule has 0 spiro atoms. The molecule has 450 valence electrons. The fourth-order valence-electron chi connectivity index (χ4n) is 13.6. The minimum absolute atomic E-state index is 0.0374. The molecule has 22 heteroatoms. The number of benzene rings is 2. The highest BCUT2D eigenvalue weighted by atomic mass is 19.1. The van der Waals surface area contributed by atoms with Crippen molar-refractivity contribution >= 4 is 51.8 Å². The molecule has 21 nitrogen and oxygen atoms in total. The van der Waals surface area contributed by atoms with Crippen LogP contribution >= 0.6 is 0 Å². The van der Waals surface area contributed by atoms with E-state index in [1.807, 2.05) is 4.90 Å². The number of halogens is 1. The van der Waals surface area contributed by atoms with Crippen LogP contribution in [0.15, 0.2) is 64.6 Å². The number of carbonyl (C=O) groups is 6. The number of Topliss-reactive ketones (excluding diaryl/α,β-unsaturated/α-hetero) is 3. The molecule has 84 heavy (non-hydrogen) atoms. The number of amides is 1. The Morgan fingerprint density at radius 3 is 2.17 bits per heavy atom. The second-order valence-corrected chi connectivity index (χ2v) is 24.0. The van der Waals surface area contributed by atoms with E-state index >= 15 is 14.0 Å². The van der Waals surface area contributed by atoms with Crippen LogP contribution in [0, 0.1) is 42.3 Å². The van der Waals surface area contributed by atoms with Crippen molar-refractivity contribution in [3.8, 4) is 17.2 Å². The van der Waals surface area contributed by atoms with Gasteiger partial charge in [0.15, 0.2) is 11.6 Å². The van der Waals surface area contributed by atoms with Crippen LogP contribution in [0.1, 0.15) is 134 Å². The van der Waals surface area contributed by atoms with Crippen molar-refractivity contribution < 1.29 is 77.3 Å². The molecule has 3 aromatic rings. The Bertz CT molecular complexity index is 3460. The molecule has 1 unspecified atom stereocenters. The lowest BCUT2D eigenvalue weighted by Gasteiger charge is -2.44. The molecule has 5 aliphatic heterocycles. The van der Waals surface area contributed by atoms with Gasteiger partial charge in [0.25, 0.3) is 11.7 Å². The highest BCUT2D eigenvalue weighted by molar-refractivity contribution is 6.32. The number of aromatic carboxylic acids is 1. The average molecular weight is 1160 g/mol. The number of ketones is 3. The SMILES string of the molecule is COc1c(N2CCC(C3(N4CCN(C5=C6NC(=O)/C(C)=C\C=C\[C@H](C)[C@H](O)[C@@H](C)[C@@H](O)[C@@H](C)[C@H](OC(C)=O)[C@H](C)[C@@H](OC)/C=C/O[C@@]7(C)Oc8c(C)c(O)c(c(c8C7=O)C5=O)C6=O)CC4)CC3)C2)c(F)cc2c(=O)c(C(=O)O)cn(C3CC3)c12. The molecule has 2 saturated heterocycles. The average Bonchev–Trinajstić information content (AvgIpc) is 2.39. The summed E-state index contributed by atoms with van der Waals surface area (Å²) in [5.74, 6) is -11.5. The largest absolute Gasteiger partial charge is 0.507 e. The molecule has 5 N–H and O–H groups in total. The van der Waals surface area contributed by atoms with Gasteiger partial charge in [-0.25, -0.2) is 9.18 Å². The van der Waals surface area contributed by atoms with E-state index in [1.165, 1.54) is 66.5 Å². The number of aromatic hydroxyl groups is 1. The van der Waals surface area contributed by atoms with E-state index in [0.29, 0.717) is 38.1 Å². The van der Waals surface area contributed by atoms with E-state index in [0.717, 1.165) is 31.7 Å². The lowest BCUT2D eigenvalue weighted by molar-refractivity contribution is -0.160. The van der Waals surface area contributed by atoms with E-state index in [9.17, 15) is 44.4 Å². The maximum atomic E-state index is 16.5. The summed E-state index contributed by atoms with van der Waals surface area (Å²) in [6.07, 6.45) is 8.42. The monoisotopic (exact) mass is 1160 g/mol. The number of carboxylic acids is 1. The van der Waals surface area contributed by atoms with E-state index in [1.54, 1.807) is 49.3 Å². The predicted octanol–water partition coefficient (Wildman–Crippen LogP) is 6.13. The smallest absolute Gasteiger partial charge is 0.341 e. The second-order valence-electron chi connectivity index (χ2n) is 24.0. The number of hydrogen-bond acceptors (Lipinski definition) is 18. The number of aliphatic hydroxyl groups excluding tert-OH is 2. The van der Waals surface area contributed by atoms with Crippen LogP contribution in [0.2, 0.25) is 0 Å². The Balaban J connectivity index is 0.971. The molecular weight excluding hydrogens is 1090 g/mol. The minimum atomic E-state index is -2.16. The van der Waals surface area contributed by atoms with E-state index < -0.39 is 128 Å². The van der Waals surface area contributed by atoms with Gasteiger partial charge >= 0.3 is 17.7 Å². The summed E-state index contributed by atoms with van der Waals surface area (Å²) >= 11 is 0. The number of fused-ring (bicyclic) bond motifs is 15. The van der Waals surface area contributed by atoms with Gasteiger partial charge in [0, 0.05) is 113 Å². The Morgan fingerprint density at radius 1 is 0.857 bits per heavy atom. The van der Waals surface area contributed by atoms with E-state index in [4.69, 9.17) is 23.7 Å². The molecule has 4 fully saturated rings. The van der Waals surface area contributed by atoms with Crippen LogP contribution in [-0.4, -0.2) is 159 Å². The molecule has 2 aromatic carbocycles. The first kappa shape index (κ1) is 59.7. The molecule has 3 aliphatic carbocycles. The number of aliphatic hydroxyl groups is 2. The molecular formula is C62H74FN5O16. The number of piperazine rings is 1. The third kappa shape index (κ3) is 10.1. The zero-order chi connectivity index (χ0) is 60.8. The van der Waals surface area contributed by atoms with E-state index in [2.05, 4.69) is 10.2 Å². The van der Waals surface area contributed by atoms with Gasteiger partial charge in [0.2, 0.25) is 17.0 Å². The second kappa shape index (κ2) is 22.5. The highest BCUT2D eigenvalue weighted by Gasteiger charge is 2.57. The number of esters is 1. The topological polar surface area (TPSA) is 273 Å². The first-order valence-corrected chi connectivity index (χ1v) is 28.8. The molecule has 8 aliphatic rings. The van der Waals surface area contributed by atoms with Gasteiger partial charge in [-0.15, -0.1) is 0 Å². The third-order valence-electron chi connectivity index (χ3n) is 18.8. The maximum absolute atomic E-state index is 16.5. The maximum Gasteiger partial charge on any atom is 0.341 e. The van der Waals surface area contributed by atoms with Crippen molar-refractivity contribution in [1.29, 1.82) is 0 Å². The summed E-state index contributed by atoms with van der Waals surface area (Å²) in [6, 6.07) is 1.05. The Morgan fingerprint density at radius 2 is 1.55 bits per heavy atom. The Labute approximate surface area is 485 Å². The molecule has 0 radical (unpaired) electrons. The zero-order valence-corrected chi connectivity index (χ0v) is 48.9. The fraction of sp³-hybridized carbons (Fsp3) is 0.532. The van der Waals surface area contributed by atoms with Crippen LogP contribution in [0.5, 0.6) is 17.2 Å². The van der Waals surface area contributed by atoms with Gasteiger partial charge in [0.05, 0.1) is 59.3 Å². The van der Waals surface area contributed by atoms with Gasteiger partial charge in [-0.2, -0.15) is 0 Å². The van der Waals surface area contributed by atoms with Crippen LogP contribution in [-0.2, 0) is 23.8 Å². The van der Waals surface area contributed by atoms with Crippen molar-refractivity contribution in [2.75, 3.05) is 58.4 Å². The van der Waals surface area contributed by atoms with Crippen LogP contribution < -0.4 is 25.1 Å². The van der Waals surface area contributed by atoms with Crippen molar-refractivity contribution in [3.63, 3.8) is 0 Å². The number of carboxylic acid groups (broad SMARTS) is 1. The van der Waals surface area contributed by atoms with Gasteiger partial charge < -0.3 is 63.8 Å². The summed E-state index contributed by atoms with van der Waals surface area (Å²) in [7, 11) is 2.83. The number of phenols is 1. The number of rotatable bonds is 9. The summed E-state index contributed by atoms with van der Waals surface area (Å²) < 4.78 is 48.0. The number of hydrogen-bond donors (Lipinski definition) is 5. The number of allylic oxidation sites excluding steroid dienone is 4. The quantitative estimate of drug-likeness (QED) is 0.151. The molecule has 5 bridgehead atoms. The lowest BCUT2D eigenvalue weighted by Crippen LogP contribution is -2.55. The van der Waals surface area contributed by atoms with Crippen molar-refractivity contribution in [3.05, 3.63) is 104 Å². The minimum Gasteiger partial charge on any atom is -0.507 e. The molecule has 1 amide bonds. The van der Waals surface area contributed by atoms with Gasteiger partial charge in [0.1, 0.15) is 40.2 Å². The van der Waals surface area contributed by atoms with Gasteiger partial charge in [-0.3, -0.25) is 33.7 Å². The fourth-order valence-corrected chi connectivity index (χ4v) is 13.6.